The van der Waals surface area contributed by atoms with Crippen molar-refractivity contribution in [2.45, 2.75) is 45.4 Å². The molecule has 4 fully saturated rings. The Morgan fingerprint density at radius 1 is 1.19 bits per heavy atom. The topological polar surface area (TPSA) is 39.2 Å². The second-order valence-corrected chi connectivity index (χ2v) is 7.37. The molecular formula is C18H23NO2. The fourth-order valence-corrected chi connectivity index (χ4v) is 5.48. The van der Waals surface area contributed by atoms with Crippen molar-refractivity contribution in [2.75, 3.05) is 6.61 Å². The third kappa shape index (κ3) is 2.18. The Kier molecular flexibility index (Phi) is 3.05. The molecule has 1 heterocycles. The lowest BCUT2D eigenvalue weighted by Crippen LogP contribution is -2.50. The van der Waals surface area contributed by atoms with E-state index in [-0.39, 0.29) is 5.41 Å². The fraction of sp³-hybridized carbons (Fsp3) is 0.667. The van der Waals surface area contributed by atoms with Crippen LogP contribution in [0.15, 0.2) is 18.5 Å². The molecule has 21 heavy (non-hydrogen) atoms. The number of pyridine rings is 1. The van der Waals surface area contributed by atoms with Crippen molar-refractivity contribution in [3.8, 4) is 5.75 Å². The molecule has 0 unspecified atom stereocenters. The molecule has 5 rings (SSSR count). The highest BCUT2D eigenvalue weighted by Crippen LogP contribution is 2.60. The van der Waals surface area contributed by atoms with Crippen LogP contribution in [-0.2, 0) is 0 Å². The Labute approximate surface area is 126 Å². The predicted molar refractivity (Wildman–Crippen MR) is 80.3 cm³/mol. The fourth-order valence-electron chi connectivity index (χ4n) is 5.48. The Morgan fingerprint density at radius 2 is 1.81 bits per heavy atom. The van der Waals surface area contributed by atoms with Crippen molar-refractivity contribution >= 4 is 5.78 Å². The monoisotopic (exact) mass is 285 g/mol. The first-order valence-electron chi connectivity index (χ1n) is 8.31. The van der Waals surface area contributed by atoms with Gasteiger partial charge < -0.3 is 4.74 Å². The number of carbonyl (C=O) groups excluding carboxylic acids is 1. The molecule has 1 aromatic rings. The zero-order chi connectivity index (χ0) is 14.4. The molecule has 4 aliphatic carbocycles. The van der Waals surface area contributed by atoms with Crippen LogP contribution < -0.4 is 4.74 Å². The van der Waals surface area contributed by atoms with Gasteiger partial charge in [-0.3, -0.25) is 9.78 Å². The van der Waals surface area contributed by atoms with E-state index in [1.807, 2.05) is 13.0 Å². The van der Waals surface area contributed by atoms with Gasteiger partial charge in [-0.1, -0.05) is 0 Å². The summed E-state index contributed by atoms with van der Waals surface area (Å²) >= 11 is 0. The van der Waals surface area contributed by atoms with Crippen molar-refractivity contribution < 1.29 is 9.53 Å². The summed E-state index contributed by atoms with van der Waals surface area (Å²) in [6.45, 7) is 2.56. The smallest absolute Gasteiger partial charge is 0.170 e. The minimum absolute atomic E-state index is 0.0821. The minimum atomic E-state index is -0.0821. The zero-order valence-corrected chi connectivity index (χ0v) is 12.7. The van der Waals surface area contributed by atoms with Gasteiger partial charge in [0.2, 0.25) is 0 Å². The Balaban J connectivity index is 1.64. The van der Waals surface area contributed by atoms with Gasteiger partial charge in [0.15, 0.2) is 5.78 Å². The summed E-state index contributed by atoms with van der Waals surface area (Å²) in [5.74, 6) is 3.43. The van der Waals surface area contributed by atoms with Crippen LogP contribution in [0.3, 0.4) is 0 Å². The summed E-state index contributed by atoms with van der Waals surface area (Å²) in [7, 11) is 0. The summed E-state index contributed by atoms with van der Waals surface area (Å²) in [6.07, 6.45) is 10.8. The van der Waals surface area contributed by atoms with Gasteiger partial charge >= 0.3 is 0 Å². The van der Waals surface area contributed by atoms with Gasteiger partial charge in [-0.25, -0.2) is 0 Å². The molecule has 4 saturated carbocycles. The van der Waals surface area contributed by atoms with E-state index in [0.717, 1.165) is 42.6 Å². The third-order valence-corrected chi connectivity index (χ3v) is 5.81. The molecular weight excluding hydrogens is 262 g/mol. The van der Waals surface area contributed by atoms with Gasteiger partial charge in [-0.05, 0) is 69.3 Å². The van der Waals surface area contributed by atoms with Gasteiger partial charge in [0, 0.05) is 17.2 Å². The van der Waals surface area contributed by atoms with Crippen molar-refractivity contribution in [1.29, 1.82) is 0 Å². The molecule has 0 N–H and O–H groups in total. The number of hydrogen-bond acceptors (Lipinski definition) is 3. The molecule has 0 amide bonds. The third-order valence-electron chi connectivity index (χ3n) is 5.81. The van der Waals surface area contributed by atoms with Crippen LogP contribution in [0.25, 0.3) is 0 Å². The van der Waals surface area contributed by atoms with Gasteiger partial charge in [-0.15, -0.1) is 0 Å². The molecule has 0 aliphatic heterocycles. The van der Waals surface area contributed by atoms with Crippen molar-refractivity contribution in [3.63, 3.8) is 0 Å². The number of carbonyl (C=O) groups is 1. The molecule has 4 bridgehead atoms. The number of nitrogens with zero attached hydrogens (tertiary/aromatic N) is 1. The van der Waals surface area contributed by atoms with Crippen LogP contribution in [0.2, 0.25) is 0 Å². The highest BCUT2D eigenvalue weighted by atomic mass is 16.5. The summed E-state index contributed by atoms with van der Waals surface area (Å²) in [6, 6.07) is 1.89. The van der Waals surface area contributed by atoms with E-state index in [1.54, 1.807) is 12.4 Å². The first kappa shape index (κ1) is 13.3. The molecule has 0 spiro atoms. The molecule has 3 nitrogen and oxygen atoms in total. The molecule has 0 radical (unpaired) electrons. The van der Waals surface area contributed by atoms with Crippen LogP contribution in [-0.4, -0.2) is 17.4 Å². The van der Waals surface area contributed by atoms with Crippen LogP contribution in [0, 0.1) is 23.2 Å². The van der Waals surface area contributed by atoms with E-state index in [2.05, 4.69) is 4.98 Å². The predicted octanol–water partition coefficient (Wildman–Crippen LogP) is 3.88. The lowest BCUT2D eigenvalue weighted by molar-refractivity contribution is -0.0353. The van der Waals surface area contributed by atoms with Crippen LogP contribution in [0.5, 0.6) is 5.75 Å². The van der Waals surface area contributed by atoms with Gasteiger partial charge in [0.1, 0.15) is 5.75 Å². The first-order chi connectivity index (χ1) is 10.2. The van der Waals surface area contributed by atoms with Crippen LogP contribution >= 0.6 is 0 Å². The van der Waals surface area contributed by atoms with Crippen molar-refractivity contribution in [3.05, 3.63) is 24.0 Å². The zero-order valence-electron chi connectivity index (χ0n) is 12.7. The number of aromatic nitrogens is 1. The molecule has 0 atom stereocenters. The minimum Gasteiger partial charge on any atom is -0.492 e. The maximum Gasteiger partial charge on any atom is 0.170 e. The maximum atomic E-state index is 13.2. The Morgan fingerprint density at radius 3 is 2.38 bits per heavy atom. The number of ketones is 1. The quantitative estimate of drug-likeness (QED) is 0.788. The van der Waals surface area contributed by atoms with Gasteiger partial charge in [0.25, 0.3) is 0 Å². The van der Waals surface area contributed by atoms with E-state index >= 15 is 0 Å². The van der Waals surface area contributed by atoms with E-state index in [4.69, 9.17) is 4.74 Å². The second-order valence-electron chi connectivity index (χ2n) is 7.37. The van der Waals surface area contributed by atoms with Gasteiger partial charge in [0.05, 0.1) is 12.8 Å². The largest absolute Gasteiger partial charge is 0.492 e. The highest BCUT2D eigenvalue weighted by Gasteiger charge is 2.54. The number of rotatable bonds is 4. The molecule has 1 aromatic heterocycles. The average molecular weight is 285 g/mol. The SMILES string of the molecule is CCOc1cncc(C(=O)C23CC4CC(CC(C4)C2)C3)c1. The van der Waals surface area contributed by atoms with Gasteiger partial charge in [-0.2, -0.15) is 0 Å². The lowest BCUT2D eigenvalue weighted by Gasteiger charge is -2.55. The van der Waals surface area contributed by atoms with E-state index in [0.29, 0.717) is 18.1 Å². The first-order valence-corrected chi connectivity index (χ1v) is 8.31. The summed E-state index contributed by atoms with van der Waals surface area (Å²) in [4.78, 5) is 17.4. The maximum absolute atomic E-state index is 13.2. The van der Waals surface area contributed by atoms with Crippen LogP contribution in [0.1, 0.15) is 55.8 Å². The molecule has 3 heteroatoms. The molecule has 0 saturated heterocycles. The van der Waals surface area contributed by atoms with Crippen LogP contribution in [0.4, 0.5) is 0 Å². The highest BCUT2D eigenvalue weighted by molar-refractivity contribution is 6.00. The molecule has 112 valence electrons. The van der Waals surface area contributed by atoms with Crippen molar-refractivity contribution in [1.82, 2.24) is 4.98 Å². The molecule has 0 aromatic carbocycles. The van der Waals surface area contributed by atoms with Crippen molar-refractivity contribution in [2.24, 2.45) is 23.2 Å². The van der Waals surface area contributed by atoms with E-state index in [9.17, 15) is 4.79 Å². The normalized spacial score (nSPS) is 36.7. The Hall–Kier alpha value is -1.38. The molecule has 4 aliphatic rings. The average Bonchev–Trinajstić information content (AvgIpc) is 2.46. The Bertz CT molecular complexity index is 531. The second kappa shape index (κ2) is 4.82. The number of hydrogen-bond donors (Lipinski definition) is 0. The summed E-state index contributed by atoms with van der Waals surface area (Å²) in [5, 5.41) is 0. The van der Waals surface area contributed by atoms with E-state index in [1.165, 1.54) is 19.3 Å². The van der Waals surface area contributed by atoms with E-state index < -0.39 is 0 Å². The summed E-state index contributed by atoms with van der Waals surface area (Å²) in [5.41, 5.74) is 0.671. The lowest BCUT2D eigenvalue weighted by atomic mass is 9.48. The number of ether oxygens (including phenoxy) is 1. The standard InChI is InChI=1S/C18H23NO2/c1-2-21-16-6-15(10-19-11-16)17(20)18-7-12-3-13(8-18)5-14(4-12)9-18/h6,10-14H,2-5,7-9H2,1H3. The number of Topliss-reactive ketones (excluding diaryl/α,β-unsaturated/α-hetero) is 1. The summed E-state index contributed by atoms with van der Waals surface area (Å²) < 4.78 is 5.50.